The Morgan fingerprint density at radius 2 is 2.19 bits per heavy atom. The van der Waals surface area contributed by atoms with Crippen LogP contribution in [0.2, 0.25) is 0 Å². The van der Waals surface area contributed by atoms with Crippen molar-refractivity contribution in [2.75, 3.05) is 12.0 Å². The summed E-state index contributed by atoms with van der Waals surface area (Å²) in [4.78, 5) is 19.9. The van der Waals surface area contributed by atoms with E-state index in [0.717, 1.165) is 11.3 Å². The summed E-state index contributed by atoms with van der Waals surface area (Å²) in [7, 11) is 0. The Bertz CT molecular complexity index is 602. The van der Waals surface area contributed by atoms with Crippen molar-refractivity contribution < 1.29 is 9.53 Å². The smallest absolute Gasteiger partial charge is 0.230 e. The molecule has 0 aliphatic carbocycles. The number of hydrogen-bond acceptors (Lipinski definition) is 5. The van der Waals surface area contributed by atoms with Crippen LogP contribution in [0.1, 0.15) is 11.3 Å². The fourth-order valence-electron chi connectivity index (χ4n) is 1.65. The van der Waals surface area contributed by atoms with Gasteiger partial charge < -0.3 is 10.1 Å². The summed E-state index contributed by atoms with van der Waals surface area (Å²) in [5, 5.41) is 2.84. The highest BCUT2D eigenvalue weighted by molar-refractivity contribution is 7.99. The molecule has 0 fully saturated rings. The lowest BCUT2D eigenvalue weighted by Gasteiger charge is -2.10. The van der Waals surface area contributed by atoms with Crippen LogP contribution >= 0.6 is 11.8 Å². The first-order valence-electron chi connectivity index (χ1n) is 6.49. The van der Waals surface area contributed by atoms with Crippen LogP contribution in [0.25, 0.3) is 0 Å². The Balaban J connectivity index is 2.06. The van der Waals surface area contributed by atoms with E-state index in [0.29, 0.717) is 23.9 Å². The van der Waals surface area contributed by atoms with Crippen LogP contribution in [0.4, 0.5) is 0 Å². The van der Waals surface area contributed by atoms with Crippen LogP contribution in [0.5, 0.6) is 11.6 Å². The number of aryl methyl sites for hydroxylation is 1. The van der Waals surface area contributed by atoms with Crippen molar-refractivity contribution in [3.8, 4) is 11.6 Å². The van der Waals surface area contributed by atoms with Gasteiger partial charge in [-0.3, -0.25) is 9.78 Å². The van der Waals surface area contributed by atoms with Crippen LogP contribution in [0, 0.1) is 6.92 Å². The third-order valence-corrected chi connectivity index (χ3v) is 3.25. The van der Waals surface area contributed by atoms with Gasteiger partial charge in [-0.1, -0.05) is 6.07 Å². The van der Waals surface area contributed by atoms with Crippen molar-refractivity contribution in [2.45, 2.75) is 13.5 Å². The standard InChI is InChI=1S/C15H17N3O2S/c1-11-5-6-13(9-17-11)20-15-12(4-3-7-16-15)8-18-14(19)10-21-2/h3-7,9H,8,10H2,1-2H3,(H,18,19). The molecule has 0 atom stereocenters. The molecule has 2 aromatic heterocycles. The maximum absolute atomic E-state index is 11.5. The Labute approximate surface area is 128 Å². The number of aromatic nitrogens is 2. The number of pyridine rings is 2. The van der Waals surface area contributed by atoms with E-state index >= 15 is 0 Å². The third-order valence-electron chi connectivity index (χ3n) is 2.70. The van der Waals surface area contributed by atoms with Crippen molar-refractivity contribution in [3.63, 3.8) is 0 Å². The lowest BCUT2D eigenvalue weighted by atomic mass is 10.2. The number of nitrogens with zero attached hydrogens (tertiary/aromatic N) is 2. The topological polar surface area (TPSA) is 64.1 Å². The second-order valence-corrected chi connectivity index (χ2v) is 5.28. The maximum Gasteiger partial charge on any atom is 0.230 e. The summed E-state index contributed by atoms with van der Waals surface area (Å²) in [6.45, 7) is 2.30. The molecule has 21 heavy (non-hydrogen) atoms. The quantitative estimate of drug-likeness (QED) is 0.888. The number of nitrogens with one attached hydrogen (secondary N) is 1. The predicted octanol–water partition coefficient (Wildman–Crippen LogP) is 2.56. The van der Waals surface area contributed by atoms with Crippen molar-refractivity contribution in [1.29, 1.82) is 0 Å². The van der Waals surface area contributed by atoms with Gasteiger partial charge in [0.2, 0.25) is 11.8 Å². The van der Waals surface area contributed by atoms with Crippen molar-refractivity contribution >= 4 is 17.7 Å². The molecule has 2 rings (SSSR count). The zero-order chi connectivity index (χ0) is 15.1. The number of amides is 1. The van der Waals surface area contributed by atoms with E-state index < -0.39 is 0 Å². The Morgan fingerprint density at radius 1 is 1.33 bits per heavy atom. The van der Waals surface area contributed by atoms with Gasteiger partial charge in [0.15, 0.2) is 0 Å². The molecular formula is C15H17N3O2S. The average molecular weight is 303 g/mol. The number of thioether (sulfide) groups is 1. The molecule has 1 N–H and O–H groups in total. The zero-order valence-electron chi connectivity index (χ0n) is 12.0. The molecule has 0 spiro atoms. The predicted molar refractivity (Wildman–Crippen MR) is 83.5 cm³/mol. The fraction of sp³-hybridized carbons (Fsp3) is 0.267. The summed E-state index contributed by atoms with van der Waals surface area (Å²) in [5.41, 5.74) is 1.75. The van der Waals surface area contributed by atoms with Gasteiger partial charge in [0, 0.05) is 24.0 Å². The minimum Gasteiger partial charge on any atom is -0.437 e. The molecule has 5 nitrogen and oxygen atoms in total. The summed E-state index contributed by atoms with van der Waals surface area (Å²) >= 11 is 1.49. The highest BCUT2D eigenvalue weighted by atomic mass is 32.2. The van der Waals surface area contributed by atoms with Crippen LogP contribution in [0.15, 0.2) is 36.7 Å². The van der Waals surface area contributed by atoms with E-state index in [2.05, 4.69) is 15.3 Å². The average Bonchev–Trinajstić information content (AvgIpc) is 2.49. The van der Waals surface area contributed by atoms with Crippen molar-refractivity contribution in [2.24, 2.45) is 0 Å². The molecule has 2 aromatic rings. The second kappa shape index (κ2) is 7.64. The Hall–Kier alpha value is -2.08. The molecule has 0 aliphatic heterocycles. The molecule has 0 radical (unpaired) electrons. The zero-order valence-corrected chi connectivity index (χ0v) is 12.8. The van der Waals surface area contributed by atoms with Gasteiger partial charge in [-0.05, 0) is 31.4 Å². The van der Waals surface area contributed by atoms with Gasteiger partial charge in [0.1, 0.15) is 5.75 Å². The highest BCUT2D eigenvalue weighted by Crippen LogP contribution is 2.22. The minimum atomic E-state index is -0.00527. The van der Waals surface area contributed by atoms with Gasteiger partial charge in [-0.15, -0.1) is 0 Å². The van der Waals surface area contributed by atoms with E-state index in [1.54, 1.807) is 12.4 Å². The number of carbonyl (C=O) groups excluding carboxylic acids is 1. The molecule has 110 valence electrons. The fourth-order valence-corrected chi connectivity index (χ4v) is 2.02. The maximum atomic E-state index is 11.5. The molecule has 0 saturated carbocycles. The van der Waals surface area contributed by atoms with E-state index in [1.807, 2.05) is 37.4 Å². The van der Waals surface area contributed by atoms with Crippen LogP contribution in [-0.2, 0) is 11.3 Å². The monoisotopic (exact) mass is 303 g/mol. The van der Waals surface area contributed by atoms with E-state index in [1.165, 1.54) is 11.8 Å². The summed E-state index contributed by atoms with van der Waals surface area (Å²) in [5.74, 6) is 1.54. The molecule has 0 bridgehead atoms. The van der Waals surface area contributed by atoms with Crippen LogP contribution in [0.3, 0.4) is 0 Å². The molecule has 1 amide bonds. The minimum absolute atomic E-state index is 0.00527. The first-order valence-corrected chi connectivity index (χ1v) is 7.88. The number of hydrogen-bond donors (Lipinski definition) is 1. The van der Waals surface area contributed by atoms with Gasteiger partial charge in [-0.25, -0.2) is 4.98 Å². The number of ether oxygens (including phenoxy) is 1. The number of carbonyl (C=O) groups is 1. The first-order chi connectivity index (χ1) is 10.2. The molecule has 6 heteroatoms. The first kappa shape index (κ1) is 15.3. The normalized spacial score (nSPS) is 10.2. The summed E-state index contributed by atoms with van der Waals surface area (Å²) in [6, 6.07) is 7.41. The van der Waals surface area contributed by atoms with Gasteiger partial charge in [0.05, 0.1) is 11.9 Å². The largest absolute Gasteiger partial charge is 0.437 e. The third kappa shape index (κ3) is 4.75. The molecular weight excluding hydrogens is 286 g/mol. The van der Waals surface area contributed by atoms with E-state index in [-0.39, 0.29) is 5.91 Å². The second-order valence-electron chi connectivity index (χ2n) is 4.41. The van der Waals surface area contributed by atoms with Crippen molar-refractivity contribution in [1.82, 2.24) is 15.3 Å². The molecule has 0 aliphatic rings. The SMILES string of the molecule is CSCC(=O)NCc1cccnc1Oc1ccc(C)nc1. The van der Waals surface area contributed by atoms with Gasteiger partial charge in [0.25, 0.3) is 0 Å². The molecule has 2 heterocycles. The van der Waals surface area contributed by atoms with E-state index in [4.69, 9.17) is 4.74 Å². The lowest BCUT2D eigenvalue weighted by Crippen LogP contribution is -2.24. The Kier molecular flexibility index (Phi) is 5.57. The molecule has 0 saturated heterocycles. The molecule has 0 aromatic carbocycles. The number of rotatable bonds is 6. The van der Waals surface area contributed by atoms with Gasteiger partial charge >= 0.3 is 0 Å². The van der Waals surface area contributed by atoms with Gasteiger partial charge in [-0.2, -0.15) is 11.8 Å². The van der Waals surface area contributed by atoms with Crippen molar-refractivity contribution in [3.05, 3.63) is 47.9 Å². The summed E-state index contributed by atoms with van der Waals surface area (Å²) in [6.07, 6.45) is 5.20. The summed E-state index contributed by atoms with van der Waals surface area (Å²) < 4.78 is 5.73. The highest BCUT2D eigenvalue weighted by Gasteiger charge is 2.08. The van der Waals surface area contributed by atoms with Crippen LogP contribution < -0.4 is 10.1 Å². The van der Waals surface area contributed by atoms with E-state index in [9.17, 15) is 4.79 Å². The lowest BCUT2D eigenvalue weighted by molar-refractivity contribution is -0.118. The molecule has 0 unspecified atom stereocenters. The van der Waals surface area contributed by atoms with Crippen LogP contribution in [-0.4, -0.2) is 27.9 Å². The Morgan fingerprint density at radius 3 is 2.90 bits per heavy atom.